The highest BCUT2D eigenvalue weighted by Gasteiger charge is 2.15. The van der Waals surface area contributed by atoms with E-state index in [4.69, 9.17) is 5.26 Å². The number of nitrogens with zero attached hydrogens (tertiary/aromatic N) is 3. The van der Waals surface area contributed by atoms with Crippen molar-refractivity contribution in [1.29, 1.82) is 5.26 Å². The number of amides is 2. The fraction of sp³-hybridized carbons (Fsp3) is 0.278. The number of rotatable bonds is 5. The van der Waals surface area contributed by atoms with Crippen molar-refractivity contribution in [3.63, 3.8) is 0 Å². The number of hydrogen-bond donors (Lipinski definition) is 1. The molecule has 0 aliphatic rings. The van der Waals surface area contributed by atoms with Crippen molar-refractivity contribution in [1.82, 2.24) is 9.47 Å². The number of urea groups is 1. The van der Waals surface area contributed by atoms with Gasteiger partial charge in [-0.15, -0.1) is 0 Å². The summed E-state index contributed by atoms with van der Waals surface area (Å²) in [5.74, 6) is 0. The van der Waals surface area contributed by atoms with Gasteiger partial charge >= 0.3 is 6.03 Å². The second-order valence-electron chi connectivity index (χ2n) is 5.62. The Morgan fingerprint density at radius 2 is 2.12 bits per heavy atom. The average Bonchev–Trinajstić information content (AvgIpc) is 2.57. The van der Waals surface area contributed by atoms with Crippen LogP contribution < -0.4 is 10.9 Å². The minimum atomic E-state index is -0.272. The number of benzene rings is 1. The first-order chi connectivity index (χ1) is 11.5. The Bertz CT molecular complexity index is 807. The molecule has 0 unspecified atom stereocenters. The third kappa shape index (κ3) is 4.46. The number of anilines is 1. The van der Waals surface area contributed by atoms with Crippen molar-refractivity contribution in [2.24, 2.45) is 0 Å². The van der Waals surface area contributed by atoms with E-state index < -0.39 is 0 Å². The predicted octanol–water partition coefficient (Wildman–Crippen LogP) is 2.66. The first-order valence-electron chi connectivity index (χ1n) is 7.66. The number of aromatic nitrogens is 1. The van der Waals surface area contributed by atoms with Gasteiger partial charge in [-0.1, -0.05) is 18.2 Å². The lowest BCUT2D eigenvalue weighted by molar-refractivity contribution is 0.208. The molecule has 2 rings (SSSR count). The minimum Gasteiger partial charge on any atom is -0.324 e. The van der Waals surface area contributed by atoms with E-state index in [1.165, 1.54) is 11.0 Å². The molecule has 1 aromatic carbocycles. The molecule has 2 aromatic rings. The maximum atomic E-state index is 12.2. The van der Waals surface area contributed by atoms with E-state index in [9.17, 15) is 9.59 Å². The van der Waals surface area contributed by atoms with E-state index in [0.29, 0.717) is 12.2 Å². The summed E-state index contributed by atoms with van der Waals surface area (Å²) >= 11 is 0. The molecule has 24 heavy (non-hydrogen) atoms. The molecular weight excluding hydrogens is 304 g/mol. The van der Waals surface area contributed by atoms with E-state index in [2.05, 4.69) is 11.4 Å². The third-order valence-electron chi connectivity index (χ3n) is 3.80. The second kappa shape index (κ2) is 7.97. The first-order valence-corrected chi connectivity index (χ1v) is 7.66. The van der Waals surface area contributed by atoms with E-state index in [-0.39, 0.29) is 24.1 Å². The van der Waals surface area contributed by atoms with Gasteiger partial charge < -0.3 is 14.8 Å². The summed E-state index contributed by atoms with van der Waals surface area (Å²) in [7, 11) is 1.66. The van der Waals surface area contributed by atoms with Crippen LogP contribution in [0.25, 0.3) is 0 Å². The largest absolute Gasteiger partial charge is 0.324 e. The molecule has 1 aromatic heterocycles. The third-order valence-corrected chi connectivity index (χ3v) is 3.80. The Morgan fingerprint density at radius 1 is 1.33 bits per heavy atom. The average molecular weight is 324 g/mol. The first kappa shape index (κ1) is 17.3. The van der Waals surface area contributed by atoms with Crippen molar-refractivity contribution in [3.8, 4) is 6.07 Å². The topological polar surface area (TPSA) is 78.1 Å². The van der Waals surface area contributed by atoms with Gasteiger partial charge in [0.05, 0.1) is 19.0 Å². The van der Waals surface area contributed by atoms with Gasteiger partial charge in [-0.3, -0.25) is 4.79 Å². The maximum absolute atomic E-state index is 12.2. The monoisotopic (exact) mass is 324 g/mol. The molecule has 1 heterocycles. The van der Waals surface area contributed by atoms with Crippen LogP contribution in [0.1, 0.15) is 18.9 Å². The van der Waals surface area contributed by atoms with Gasteiger partial charge in [0.25, 0.3) is 5.56 Å². The number of carbonyl (C=O) groups is 1. The fourth-order valence-electron chi connectivity index (χ4n) is 2.22. The predicted molar refractivity (Wildman–Crippen MR) is 92.7 cm³/mol. The summed E-state index contributed by atoms with van der Waals surface area (Å²) in [6, 6.07) is 14.0. The zero-order valence-electron chi connectivity index (χ0n) is 13.8. The molecule has 0 aliphatic heterocycles. The lowest BCUT2D eigenvalue weighted by atomic mass is 10.2. The maximum Gasteiger partial charge on any atom is 0.321 e. The van der Waals surface area contributed by atoms with Crippen molar-refractivity contribution in [2.45, 2.75) is 25.9 Å². The molecule has 2 amide bonds. The lowest BCUT2D eigenvalue weighted by Crippen LogP contribution is -2.38. The quantitative estimate of drug-likeness (QED) is 0.918. The molecule has 6 heteroatoms. The zero-order chi connectivity index (χ0) is 17.5. The molecule has 124 valence electrons. The van der Waals surface area contributed by atoms with Crippen LogP contribution in [0.2, 0.25) is 0 Å². The van der Waals surface area contributed by atoms with Gasteiger partial charge in [-0.2, -0.15) is 5.26 Å². The summed E-state index contributed by atoms with van der Waals surface area (Å²) in [4.78, 5) is 25.5. The molecule has 0 spiro atoms. The summed E-state index contributed by atoms with van der Waals surface area (Å²) in [6.07, 6.45) is 2.01. The molecular formula is C18H20N4O2. The van der Waals surface area contributed by atoms with Crippen LogP contribution in [-0.4, -0.2) is 28.6 Å². The SMILES string of the molecule is C[C@H](CC#N)N(C)C(=O)Nc1cccc(Cn2ccccc2=O)c1. The summed E-state index contributed by atoms with van der Waals surface area (Å²) in [5.41, 5.74) is 1.49. The molecule has 6 nitrogen and oxygen atoms in total. The van der Waals surface area contributed by atoms with Crippen LogP contribution in [-0.2, 0) is 6.54 Å². The Labute approximate surface area is 140 Å². The van der Waals surface area contributed by atoms with Gasteiger partial charge in [0, 0.05) is 31.0 Å². The van der Waals surface area contributed by atoms with Crippen molar-refractivity contribution >= 4 is 11.7 Å². The highest BCUT2D eigenvalue weighted by atomic mass is 16.2. The molecule has 1 atom stereocenters. The van der Waals surface area contributed by atoms with E-state index in [0.717, 1.165) is 5.56 Å². The van der Waals surface area contributed by atoms with Gasteiger partial charge in [0.2, 0.25) is 0 Å². The standard InChI is InChI=1S/C18H20N4O2/c1-14(9-10-19)21(2)18(24)20-16-7-5-6-15(12-16)13-22-11-4-3-8-17(22)23/h3-8,11-12,14H,9,13H2,1-2H3,(H,20,24)/t14-/m1/s1. The van der Waals surface area contributed by atoms with Crippen LogP contribution >= 0.6 is 0 Å². The highest BCUT2D eigenvalue weighted by molar-refractivity contribution is 5.89. The van der Waals surface area contributed by atoms with Crippen LogP contribution in [0.4, 0.5) is 10.5 Å². The van der Waals surface area contributed by atoms with Crippen molar-refractivity contribution in [2.75, 3.05) is 12.4 Å². The molecule has 0 saturated carbocycles. The smallest absolute Gasteiger partial charge is 0.321 e. The number of pyridine rings is 1. The minimum absolute atomic E-state index is 0.0722. The number of hydrogen-bond acceptors (Lipinski definition) is 3. The van der Waals surface area contributed by atoms with Gasteiger partial charge in [-0.05, 0) is 30.7 Å². The molecule has 0 fully saturated rings. The summed E-state index contributed by atoms with van der Waals surface area (Å²) in [6.45, 7) is 2.26. The van der Waals surface area contributed by atoms with E-state index in [1.807, 2.05) is 25.1 Å². The lowest BCUT2D eigenvalue weighted by Gasteiger charge is -2.23. The van der Waals surface area contributed by atoms with Gasteiger partial charge in [0.15, 0.2) is 0 Å². The molecule has 1 N–H and O–H groups in total. The van der Waals surface area contributed by atoms with Crippen LogP contribution in [0, 0.1) is 11.3 Å². The van der Waals surface area contributed by atoms with Crippen molar-refractivity contribution in [3.05, 3.63) is 64.6 Å². The molecule has 0 radical (unpaired) electrons. The van der Waals surface area contributed by atoms with Gasteiger partial charge in [-0.25, -0.2) is 4.79 Å². The van der Waals surface area contributed by atoms with E-state index in [1.54, 1.807) is 36.0 Å². The van der Waals surface area contributed by atoms with Crippen LogP contribution in [0.15, 0.2) is 53.5 Å². The van der Waals surface area contributed by atoms with Gasteiger partial charge in [0.1, 0.15) is 0 Å². The molecule has 0 saturated heterocycles. The van der Waals surface area contributed by atoms with Crippen LogP contribution in [0.3, 0.4) is 0 Å². The normalized spacial score (nSPS) is 11.4. The van der Waals surface area contributed by atoms with Crippen molar-refractivity contribution < 1.29 is 4.79 Å². The molecule has 0 bridgehead atoms. The Kier molecular flexibility index (Phi) is 5.74. The summed E-state index contributed by atoms with van der Waals surface area (Å²) in [5, 5.41) is 11.5. The molecule has 0 aliphatic carbocycles. The summed E-state index contributed by atoms with van der Waals surface area (Å²) < 4.78 is 1.60. The highest BCUT2D eigenvalue weighted by Crippen LogP contribution is 2.13. The zero-order valence-corrected chi connectivity index (χ0v) is 13.8. The number of carbonyl (C=O) groups excluding carboxylic acids is 1. The van der Waals surface area contributed by atoms with Crippen LogP contribution in [0.5, 0.6) is 0 Å². The fourth-order valence-corrected chi connectivity index (χ4v) is 2.22. The Hall–Kier alpha value is -3.07. The second-order valence-corrected chi connectivity index (χ2v) is 5.62. The Balaban J connectivity index is 2.08. The van der Waals surface area contributed by atoms with E-state index >= 15 is 0 Å². The number of nitrogens with one attached hydrogen (secondary N) is 1. The Morgan fingerprint density at radius 3 is 2.83 bits per heavy atom. The number of nitriles is 1.